The van der Waals surface area contributed by atoms with Crippen molar-refractivity contribution in [3.8, 4) is 0 Å². The molecule has 7 rings (SSSR count). The van der Waals surface area contributed by atoms with Crippen LogP contribution in [0.15, 0.2) is 12.2 Å². The number of aliphatic hydroxyl groups is 13. The lowest BCUT2D eigenvalue weighted by Crippen LogP contribution is -2.70. The van der Waals surface area contributed by atoms with Gasteiger partial charge >= 0.3 is 0 Å². The van der Waals surface area contributed by atoms with E-state index < -0.39 is 163 Å². The first-order valence-electron chi connectivity index (χ1n) is 24.7. The van der Waals surface area contributed by atoms with Crippen LogP contribution >= 0.6 is 0 Å². The lowest BCUT2D eigenvalue weighted by Gasteiger charge is -2.71. The summed E-state index contributed by atoms with van der Waals surface area (Å²) in [7, 11) is 0. The van der Waals surface area contributed by atoms with Gasteiger partial charge in [-0.15, -0.1) is 0 Å². The summed E-state index contributed by atoms with van der Waals surface area (Å²) in [5.41, 5.74) is -4.57. The van der Waals surface area contributed by atoms with Gasteiger partial charge in [-0.2, -0.15) is 0 Å². The molecule has 0 amide bonds. The second-order valence-corrected chi connectivity index (χ2v) is 23.5. The topological polar surface area (TPSA) is 348 Å². The highest BCUT2D eigenvalue weighted by Crippen LogP contribution is 2.76. The molecule has 4 saturated carbocycles. The van der Waals surface area contributed by atoms with Gasteiger partial charge in [-0.25, -0.2) is 4.89 Å². The lowest BCUT2D eigenvalue weighted by atomic mass is 9.35. The van der Waals surface area contributed by atoms with Crippen molar-refractivity contribution in [2.75, 3.05) is 19.8 Å². The minimum atomic E-state index is -1.86. The fourth-order valence-corrected chi connectivity index (χ4v) is 14.9. The molecule has 3 aliphatic heterocycles. The molecule has 7 fully saturated rings. The molecule has 14 N–H and O–H groups in total. The maximum Gasteiger partial charge on any atom is 0.187 e. The summed E-state index contributed by atoms with van der Waals surface area (Å²) < 4.78 is 36.8. The Hall–Kier alpha value is -1.10. The number of hydrogen-bond donors (Lipinski definition) is 14. The second kappa shape index (κ2) is 20.2. The molecule has 21 heteroatoms. The third-order valence-electron chi connectivity index (χ3n) is 18.8. The van der Waals surface area contributed by atoms with Gasteiger partial charge in [-0.05, 0) is 111 Å². The van der Waals surface area contributed by atoms with Crippen LogP contribution in [-0.4, -0.2) is 213 Å². The third-order valence-corrected chi connectivity index (χ3v) is 18.8. The Morgan fingerprint density at radius 3 is 1.68 bits per heavy atom. The standard InChI is InChI=1S/C48H82O21/c1-43(2,69-62)12-9-13-48(8,68-41-37(61)34(58)31(55)25(19-50)64-41)21-10-14-47(7)29(21)22(52)16-28-45(5)17-23(53)39(44(3,4)27(45)11-15-46(28,47)6)67-42-38(35(59)32(56)26(20-51)65-42)66-40-36(60)33(57)30(54)24(18-49)63-40/h9,12,21-42,49-62H,10-11,13-20H2,1-8H3/b12-9+/t21-,22+,23+,24+,25+,26+,27-,28+,29-,30+,31+,32+,33-,34-,35-,36+,37+,38+,39-,40-,41-,42-,45-,46+,47+,48?/m0/s1. The minimum absolute atomic E-state index is 0.124. The Morgan fingerprint density at radius 2 is 1.12 bits per heavy atom. The molecule has 0 aromatic rings. The average Bonchev–Trinajstić information content (AvgIpc) is 3.68. The molecule has 3 saturated heterocycles. The van der Waals surface area contributed by atoms with Crippen LogP contribution < -0.4 is 0 Å². The van der Waals surface area contributed by atoms with Gasteiger partial charge in [-0.1, -0.05) is 46.8 Å². The van der Waals surface area contributed by atoms with Crippen LogP contribution in [0, 0.1) is 45.3 Å². The van der Waals surface area contributed by atoms with E-state index in [1.165, 1.54) is 0 Å². The molecule has 0 aromatic heterocycles. The monoisotopic (exact) mass is 995 g/mol. The Labute approximate surface area is 403 Å². The van der Waals surface area contributed by atoms with Crippen molar-refractivity contribution in [2.24, 2.45) is 45.3 Å². The predicted molar refractivity (Wildman–Crippen MR) is 238 cm³/mol. The number of aliphatic hydroxyl groups excluding tert-OH is 13. The van der Waals surface area contributed by atoms with E-state index in [1.54, 1.807) is 26.0 Å². The molecule has 1 unspecified atom stereocenters. The second-order valence-electron chi connectivity index (χ2n) is 23.5. The Balaban J connectivity index is 1.16. The first kappa shape index (κ1) is 55.6. The number of ether oxygens (including phenoxy) is 6. The van der Waals surface area contributed by atoms with Gasteiger partial charge in [0.25, 0.3) is 0 Å². The fourth-order valence-electron chi connectivity index (χ4n) is 14.9. The van der Waals surface area contributed by atoms with Crippen LogP contribution in [0.25, 0.3) is 0 Å². The maximum absolute atomic E-state index is 12.7. The number of hydrogen-bond acceptors (Lipinski definition) is 21. The highest BCUT2D eigenvalue weighted by Gasteiger charge is 2.73. The molecule has 69 heavy (non-hydrogen) atoms. The molecular formula is C48H82O21. The van der Waals surface area contributed by atoms with Crippen LogP contribution in [-0.2, 0) is 33.3 Å². The van der Waals surface area contributed by atoms with Gasteiger partial charge in [0.15, 0.2) is 18.9 Å². The third kappa shape index (κ3) is 9.43. The number of fused-ring (bicyclic) bond motifs is 5. The molecular weight excluding hydrogens is 913 g/mol. The first-order valence-corrected chi connectivity index (χ1v) is 24.7. The van der Waals surface area contributed by atoms with Crippen molar-refractivity contribution in [1.29, 1.82) is 0 Å². The van der Waals surface area contributed by atoms with Crippen molar-refractivity contribution >= 4 is 0 Å². The lowest BCUT2D eigenvalue weighted by molar-refractivity contribution is -0.383. The van der Waals surface area contributed by atoms with Crippen LogP contribution in [0.3, 0.4) is 0 Å². The van der Waals surface area contributed by atoms with Crippen molar-refractivity contribution in [3.05, 3.63) is 12.2 Å². The van der Waals surface area contributed by atoms with E-state index in [0.717, 1.165) is 6.42 Å². The smallest absolute Gasteiger partial charge is 0.187 e. The van der Waals surface area contributed by atoms with Gasteiger partial charge < -0.3 is 94.8 Å². The molecule has 0 spiro atoms. The van der Waals surface area contributed by atoms with Gasteiger partial charge in [0, 0.05) is 0 Å². The van der Waals surface area contributed by atoms with Crippen LogP contribution in [0.1, 0.15) is 100 Å². The molecule has 0 aromatic carbocycles. The molecule has 400 valence electrons. The minimum Gasteiger partial charge on any atom is -0.394 e. The Kier molecular flexibility index (Phi) is 16.3. The average molecular weight is 995 g/mol. The van der Waals surface area contributed by atoms with Gasteiger partial charge in [0.2, 0.25) is 0 Å². The zero-order valence-corrected chi connectivity index (χ0v) is 41.0. The molecule has 3 heterocycles. The van der Waals surface area contributed by atoms with Crippen LogP contribution in [0.5, 0.6) is 0 Å². The normalized spacial score (nSPS) is 52.2. The summed E-state index contributed by atoms with van der Waals surface area (Å²) in [4.78, 5) is 4.66. The summed E-state index contributed by atoms with van der Waals surface area (Å²) >= 11 is 0. The molecule has 0 radical (unpaired) electrons. The largest absolute Gasteiger partial charge is 0.394 e. The fraction of sp³-hybridized carbons (Fsp3) is 0.958. The first-order chi connectivity index (χ1) is 32.1. The molecule has 21 nitrogen and oxygen atoms in total. The van der Waals surface area contributed by atoms with E-state index in [9.17, 15) is 71.6 Å². The highest BCUT2D eigenvalue weighted by atomic mass is 17.1. The summed E-state index contributed by atoms with van der Waals surface area (Å²) in [5.74, 6) is -0.960. The van der Waals surface area contributed by atoms with E-state index in [2.05, 4.69) is 25.7 Å². The van der Waals surface area contributed by atoms with Crippen molar-refractivity contribution in [3.63, 3.8) is 0 Å². The molecule has 0 bridgehead atoms. The van der Waals surface area contributed by atoms with Crippen LogP contribution in [0.4, 0.5) is 0 Å². The molecule has 26 atom stereocenters. The number of rotatable bonds is 14. The van der Waals surface area contributed by atoms with Gasteiger partial charge in [-0.3, -0.25) is 5.26 Å². The maximum atomic E-state index is 12.7. The van der Waals surface area contributed by atoms with E-state index in [-0.39, 0.29) is 36.5 Å². The summed E-state index contributed by atoms with van der Waals surface area (Å²) in [5, 5.41) is 151. The van der Waals surface area contributed by atoms with Crippen LogP contribution in [0.2, 0.25) is 0 Å². The van der Waals surface area contributed by atoms with Crippen molar-refractivity contribution in [2.45, 2.75) is 222 Å². The quantitative estimate of drug-likeness (QED) is 0.0404. The highest BCUT2D eigenvalue weighted by molar-refractivity contribution is 5.21. The van der Waals surface area contributed by atoms with Gasteiger partial charge in [0.1, 0.15) is 78.8 Å². The SMILES string of the molecule is CC(C)(/C=C/CC(C)(O[C@@H]1O[C@H](CO)[C@@H](O)[C@H](O)[C@H]1O)[C@H]1CC[C@]2(C)[C@@H]1[C@H](O)C[C@@H]1[C@@]3(C)C[C@@H](O)[C@H](O[C@@H]4O[C@H](CO)[C@@H](O)[C@H](O)[C@H]4O[C@@H]4O[C@H](CO)[C@@H](O)[C@H](O)[C@H]4O)C(C)(C)[C@@H]3CC[C@]12C)OO. The summed E-state index contributed by atoms with van der Waals surface area (Å²) in [6, 6.07) is 0. The van der Waals surface area contributed by atoms with E-state index in [0.29, 0.717) is 25.7 Å². The van der Waals surface area contributed by atoms with Gasteiger partial charge in [0.05, 0.1) is 43.7 Å². The zero-order valence-electron chi connectivity index (χ0n) is 41.0. The molecule has 7 aliphatic rings. The van der Waals surface area contributed by atoms with E-state index >= 15 is 0 Å². The summed E-state index contributed by atoms with van der Waals surface area (Å²) in [6.07, 6.45) is -20.2. The Bertz CT molecular complexity index is 1770. The van der Waals surface area contributed by atoms with E-state index in [1.807, 2.05) is 20.8 Å². The Morgan fingerprint density at radius 1 is 0.594 bits per heavy atom. The van der Waals surface area contributed by atoms with Crippen molar-refractivity contribution in [1.82, 2.24) is 0 Å². The predicted octanol–water partition coefficient (Wildman–Crippen LogP) is -1.59. The zero-order chi connectivity index (χ0) is 51.1. The van der Waals surface area contributed by atoms with Crippen molar-refractivity contribution < 1.29 is 105 Å². The summed E-state index contributed by atoms with van der Waals surface area (Å²) in [6.45, 7) is 13.7. The molecule has 4 aliphatic carbocycles. The van der Waals surface area contributed by atoms with E-state index in [4.69, 9.17) is 28.4 Å².